The van der Waals surface area contributed by atoms with Gasteiger partial charge in [0.25, 0.3) is 0 Å². The van der Waals surface area contributed by atoms with Gasteiger partial charge in [-0.05, 0) is 30.7 Å². The Morgan fingerprint density at radius 1 is 1.40 bits per heavy atom. The summed E-state index contributed by atoms with van der Waals surface area (Å²) in [6.45, 7) is 0.489. The number of benzene rings is 1. The van der Waals surface area contributed by atoms with Gasteiger partial charge in [0.05, 0.1) is 12.6 Å². The Morgan fingerprint density at radius 2 is 2.15 bits per heavy atom. The van der Waals surface area contributed by atoms with Crippen LogP contribution in [0.5, 0.6) is 0 Å². The summed E-state index contributed by atoms with van der Waals surface area (Å²) >= 11 is 1.76. The molecule has 0 aliphatic heterocycles. The van der Waals surface area contributed by atoms with Gasteiger partial charge >= 0.3 is 0 Å². The lowest BCUT2D eigenvalue weighted by molar-refractivity contribution is -0.122. The van der Waals surface area contributed by atoms with Crippen molar-refractivity contribution < 1.29 is 14.6 Å². The zero-order chi connectivity index (χ0) is 14.6. The summed E-state index contributed by atoms with van der Waals surface area (Å²) in [6, 6.07) is 10.1. The molecule has 0 spiro atoms. The lowest BCUT2D eigenvalue weighted by Gasteiger charge is -2.16. The van der Waals surface area contributed by atoms with Gasteiger partial charge in [-0.25, -0.2) is 0 Å². The second-order valence-corrected chi connectivity index (χ2v) is 5.67. The first kappa shape index (κ1) is 17.0. The van der Waals surface area contributed by atoms with Crippen molar-refractivity contribution in [3.05, 3.63) is 30.3 Å². The number of aliphatic hydroxyl groups is 1. The van der Waals surface area contributed by atoms with Crippen LogP contribution in [0, 0.1) is 0 Å². The Balaban J connectivity index is 2.15. The average molecular weight is 297 g/mol. The lowest BCUT2D eigenvalue weighted by Crippen LogP contribution is -2.38. The molecule has 0 saturated carbocycles. The monoisotopic (exact) mass is 297 g/mol. The number of methoxy groups -OCH3 is 1. The van der Waals surface area contributed by atoms with Crippen LogP contribution < -0.4 is 5.32 Å². The zero-order valence-corrected chi connectivity index (χ0v) is 12.7. The third-order valence-corrected chi connectivity index (χ3v) is 3.87. The van der Waals surface area contributed by atoms with Crippen LogP contribution in [0.2, 0.25) is 0 Å². The molecule has 112 valence electrons. The topological polar surface area (TPSA) is 58.6 Å². The third-order valence-electron chi connectivity index (χ3n) is 2.77. The van der Waals surface area contributed by atoms with Gasteiger partial charge in [0.15, 0.2) is 0 Å². The molecular formula is C15H23NO3S. The van der Waals surface area contributed by atoms with Gasteiger partial charge in [-0.1, -0.05) is 18.2 Å². The fourth-order valence-corrected chi connectivity index (χ4v) is 2.67. The van der Waals surface area contributed by atoms with E-state index in [4.69, 9.17) is 9.84 Å². The molecule has 5 heteroatoms. The molecule has 0 aliphatic carbocycles. The maximum atomic E-state index is 11.8. The zero-order valence-electron chi connectivity index (χ0n) is 11.9. The Labute approximate surface area is 124 Å². The molecule has 1 aromatic rings. The number of rotatable bonds is 10. The van der Waals surface area contributed by atoms with Crippen molar-refractivity contribution >= 4 is 17.7 Å². The summed E-state index contributed by atoms with van der Waals surface area (Å²) in [4.78, 5) is 13.0. The highest BCUT2D eigenvalue weighted by atomic mass is 32.2. The van der Waals surface area contributed by atoms with Crippen molar-refractivity contribution in [2.45, 2.75) is 30.2 Å². The minimum atomic E-state index is -0.0979. The van der Waals surface area contributed by atoms with E-state index in [2.05, 4.69) is 17.4 Å². The number of hydrogen-bond acceptors (Lipinski definition) is 4. The predicted octanol–water partition coefficient (Wildman–Crippen LogP) is 2.07. The SMILES string of the molecule is COCC(CCO)NC(=O)CCCSc1ccccc1. The first-order valence-corrected chi connectivity index (χ1v) is 7.82. The van der Waals surface area contributed by atoms with E-state index in [0.29, 0.717) is 19.4 Å². The fraction of sp³-hybridized carbons (Fsp3) is 0.533. The van der Waals surface area contributed by atoms with Crippen molar-refractivity contribution in [1.82, 2.24) is 5.32 Å². The van der Waals surface area contributed by atoms with Gasteiger partial charge in [-0.15, -0.1) is 11.8 Å². The molecule has 1 rings (SSSR count). The van der Waals surface area contributed by atoms with E-state index in [1.54, 1.807) is 18.9 Å². The van der Waals surface area contributed by atoms with Gasteiger partial charge in [-0.2, -0.15) is 0 Å². The molecule has 0 bridgehead atoms. The highest BCUT2D eigenvalue weighted by Gasteiger charge is 2.11. The van der Waals surface area contributed by atoms with Gasteiger partial charge in [0, 0.05) is 25.0 Å². The first-order chi connectivity index (χ1) is 9.76. The highest BCUT2D eigenvalue weighted by Crippen LogP contribution is 2.18. The Kier molecular flexibility index (Phi) is 9.11. The molecule has 0 fully saturated rings. The second kappa shape index (κ2) is 10.7. The van der Waals surface area contributed by atoms with E-state index in [-0.39, 0.29) is 18.6 Å². The van der Waals surface area contributed by atoms with E-state index in [1.807, 2.05) is 18.2 Å². The van der Waals surface area contributed by atoms with Crippen molar-refractivity contribution in [3.63, 3.8) is 0 Å². The molecule has 1 aromatic carbocycles. The van der Waals surface area contributed by atoms with Crippen LogP contribution in [0.4, 0.5) is 0 Å². The minimum Gasteiger partial charge on any atom is -0.396 e. The van der Waals surface area contributed by atoms with E-state index in [0.717, 1.165) is 12.2 Å². The molecular weight excluding hydrogens is 274 g/mol. The number of carbonyl (C=O) groups excluding carboxylic acids is 1. The fourth-order valence-electron chi connectivity index (χ4n) is 1.79. The molecule has 20 heavy (non-hydrogen) atoms. The van der Waals surface area contributed by atoms with Crippen LogP contribution in [0.15, 0.2) is 35.2 Å². The molecule has 1 atom stereocenters. The van der Waals surface area contributed by atoms with Crippen molar-refractivity contribution in [2.24, 2.45) is 0 Å². The van der Waals surface area contributed by atoms with Crippen molar-refractivity contribution in [1.29, 1.82) is 0 Å². The Morgan fingerprint density at radius 3 is 2.80 bits per heavy atom. The maximum Gasteiger partial charge on any atom is 0.220 e. The normalized spacial score (nSPS) is 12.1. The largest absolute Gasteiger partial charge is 0.396 e. The number of carbonyl (C=O) groups is 1. The van der Waals surface area contributed by atoms with Crippen LogP contribution in [-0.2, 0) is 9.53 Å². The second-order valence-electron chi connectivity index (χ2n) is 4.50. The molecule has 2 N–H and O–H groups in total. The molecule has 0 aliphatic rings. The van der Waals surface area contributed by atoms with Crippen LogP contribution >= 0.6 is 11.8 Å². The molecule has 1 amide bonds. The van der Waals surface area contributed by atoms with Gasteiger partial charge < -0.3 is 15.2 Å². The predicted molar refractivity (Wildman–Crippen MR) is 81.9 cm³/mol. The molecule has 0 aromatic heterocycles. The number of ether oxygens (including phenoxy) is 1. The average Bonchev–Trinajstić information content (AvgIpc) is 2.45. The number of amides is 1. The first-order valence-electron chi connectivity index (χ1n) is 6.83. The summed E-state index contributed by atoms with van der Waals surface area (Å²) in [7, 11) is 1.59. The van der Waals surface area contributed by atoms with Crippen LogP contribution in [-0.4, -0.2) is 43.1 Å². The van der Waals surface area contributed by atoms with Crippen LogP contribution in [0.25, 0.3) is 0 Å². The quantitative estimate of drug-likeness (QED) is 0.513. The molecule has 1 unspecified atom stereocenters. The highest BCUT2D eigenvalue weighted by molar-refractivity contribution is 7.99. The third kappa shape index (κ3) is 7.53. The van der Waals surface area contributed by atoms with Crippen molar-refractivity contribution in [2.75, 3.05) is 26.1 Å². The van der Waals surface area contributed by atoms with E-state index in [1.165, 1.54) is 4.90 Å². The smallest absolute Gasteiger partial charge is 0.220 e. The summed E-state index contributed by atoms with van der Waals surface area (Å²) in [5.41, 5.74) is 0. The molecule has 4 nitrogen and oxygen atoms in total. The summed E-state index contributed by atoms with van der Waals surface area (Å²) in [5.74, 6) is 0.945. The van der Waals surface area contributed by atoms with Gasteiger partial charge in [-0.3, -0.25) is 4.79 Å². The molecule has 0 radical (unpaired) electrons. The Hall–Kier alpha value is -1.04. The van der Waals surface area contributed by atoms with Crippen LogP contribution in [0.3, 0.4) is 0 Å². The van der Waals surface area contributed by atoms with E-state index in [9.17, 15) is 4.79 Å². The van der Waals surface area contributed by atoms with E-state index < -0.39 is 0 Å². The number of aliphatic hydroxyl groups excluding tert-OH is 1. The van der Waals surface area contributed by atoms with Gasteiger partial charge in [0.2, 0.25) is 5.91 Å². The molecule has 0 saturated heterocycles. The van der Waals surface area contributed by atoms with Crippen molar-refractivity contribution in [3.8, 4) is 0 Å². The standard InChI is InChI=1S/C15H23NO3S/c1-19-12-13(9-10-17)16-15(18)8-5-11-20-14-6-3-2-4-7-14/h2-4,6-7,13,17H,5,8-12H2,1H3,(H,16,18). The Bertz CT molecular complexity index is 367. The van der Waals surface area contributed by atoms with Gasteiger partial charge in [0.1, 0.15) is 0 Å². The minimum absolute atomic E-state index is 0.0224. The number of hydrogen-bond donors (Lipinski definition) is 2. The number of nitrogens with one attached hydrogen (secondary N) is 1. The van der Waals surface area contributed by atoms with Crippen LogP contribution in [0.1, 0.15) is 19.3 Å². The van der Waals surface area contributed by atoms with E-state index >= 15 is 0 Å². The maximum absolute atomic E-state index is 11.8. The number of thioether (sulfide) groups is 1. The summed E-state index contributed by atoms with van der Waals surface area (Å²) in [6.07, 6.45) is 1.87. The summed E-state index contributed by atoms with van der Waals surface area (Å²) < 4.78 is 5.01. The summed E-state index contributed by atoms with van der Waals surface area (Å²) in [5, 5.41) is 11.8. The lowest BCUT2D eigenvalue weighted by atomic mass is 10.2. The molecule has 0 heterocycles.